The molecule has 0 spiro atoms. The van der Waals surface area contributed by atoms with E-state index < -0.39 is 0 Å². The van der Waals surface area contributed by atoms with Gasteiger partial charge in [-0.1, -0.05) is 36.4 Å². The highest BCUT2D eigenvalue weighted by molar-refractivity contribution is 7.99. The first-order chi connectivity index (χ1) is 16.0. The van der Waals surface area contributed by atoms with Crippen LogP contribution in [0.4, 0.5) is 0 Å². The van der Waals surface area contributed by atoms with Crippen LogP contribution in [0.2, 0.25) is 0 Å². The molecule has 170 valence electrons. The first-order valence-corrected chi connectivity index (χ1v) is 12.8. The Bertz CT molecular complexity index is 1360. The molecule has 3 heterocycles. The van der Waals surface area contributed by atoms with Crippen molar-refractivity contribution >= 4 is 50.8 Å². The third-order valence-electron chi connectivity index (χ3n) is 5.78. The van der Waals surface area contributed by atoms with Crippen molar-refractivity contribution in [3.63, 3.8) is 0 Å². The summed E-state index contributed by atoms with van der Waals surface area (Å²) in [6, 6.07) is 7.14. The maximum atomic E-state index is 12.4. The standard InChI is InChI=1S/C23H24N6O2S2/c1-3-17-24-22-19(15-6-4-5-7-16(15)33-22)20-26-28-23(29(17)20)32-12-18(30)25-27-21(31)14-10-8-13(2)9-11-14/h8-11H,3-7,12H2,1-2H3,(H,25,30)(H,27,31). The van der Waals surface area contributed by atoms with Crippen LogP contribution in [0, 0.1) is 6.92 Å². The summed E-state index contributed by atoms with van der Waals surface area (Å²) in [6.45, 7) is 4.01. The van der Waals surface area contributed by atoms with Gasteiger partial charge < -0.3 is 0 Å². The molecule has 0 unspecified atom stereocenters. The van der Waals surface area contributed by atoms with Crippen LogP contribution in [0.1, 0.15) is 52.0 Å². The van der Waals surface area contributed by atoms with Crippen LogP contribution in [0.5, 0.6) is 0 Å². The summed E-state index contributed by atoms with van der Waals surface area (Å²) in [5.74, 6) is 0.301. The van der Waals surface area contributed by atoms with Crippen LogP contribution in [0.3, 0.4) is 0 Å². The molecule has 8 nitrogen and oxygen atoms in total. The van der Waals surface area contributed by atoms with Crippen LogP contribution in [-0.2, 0) is 24.1 Å². The molecular weight excluding hydrogens is 456 g/mol. The van der Waals surface area contributed by atoms with E-state index in [0.29, 0.717) is 10.7 Å². The van der Waals surface area contributed by atoms with Crippen molar-refractivity contribution in [1.82, 2.24) is 30.4 Å². The lowest BCUT2D eigenvalue weighted by Crippen LogP contribution is -2.42. The number of aryl methyl sites for hydroxylation is 4. The smallest absolute Gasteiger partial charge is 0.269 e. The van der Waals surface area contributed by atoms with E-state index in [-0.39, 0.29) is 17.6 Å². The SMILES string of the molecule is CCc1nc2sc3c(c2c2nnc(SCC(=O)NNC(=O)c4ccc(C)cc4)n12)CCCC3. The number of hydrogen-bond acceptors (Lipinski definition) is 7. The predicted octanol–water partition coefficient (Wildman–Crippen LogP) is 3.64. The van der Waals surface area contributed by atoms with Gasteiger partial charge >= 0.3 is 0 Å². The van der Waals surface area contributed by atoms with Gasteiger partial charge in [0.05, 0.1) is 11.1 Å². The van der Waals surface area contributed by atoms with Gasteiger partial charge in [-0.15, -0.1) is 21.5 Å². The summed E-state index contributed by atoms with van der Waals surface area (Å²) in [5.41, 5.74) is 8.66. The Morgan fingerprint density at radius 1 is 1.12 bits per heavy atom. The average molecular weight is 481 g/mol. The molecule has 5 rings (SSSR count). The second-order valence-corrected chi connectivity index (χ2v) is 10.1. The zero-order valence-electron chi connectivity index (χ0n) is 18.5. The Labute approximate surface area is 199 Å². The number of nitrogens with one attached hydrogen (secondary N) is 2. The van der Waals surface area contributed by atoms with Crippen molar-refractivity contribution in [2.24, 2.45) is 0 Å². The number of carbonyl (C=O) groups excluding carboxylic acids is 2. The summed E-state index contributed by atoms with van der Waals surface area (Å²) >= 11 is 3.06. The molecule has 0 fully saturated rings. The minimum Gasteiger partial charge on any atom is -0.272 e. The van der Waals surface area contributed by atoms with Crippen LogP contribution >= 0.6 is 23.1 Å². The fourth-order valence-electron chi connectivity index (χ4n) is 4.09. The first-order valence-electron chi connectivity index (χ1n) is 11.0. The zero-order chi connectivity index (χ0) is 22.9. The lowest BCUT2D eigenvalue weighted by Gasteiger charge is -2.11. The first kappa shape index (κ1) is 21.8. The summed E-state index contributed by atoms with van der Waals surface area (Å²) in [6.07, 6.45) is 5.30. The molecular formula is C23H24N6O2S2. The van der Waals surface area contributed by atoms with Gasteiger partial charge in [0.15, 0.2) is 10.8 Å². The van der Waals surface area contributed by atoms with E-state index >= 15 is 0 Å². The number of benzene rings is 1. The molecule has 10 heteroatoms. The highest BCUT2D eigenvalue weighted by Gasteiger charge is 2.23. The van der Waals surface area contributed by atoms with Crippen molar-refractivity contribution in [2.75, 3.05) is 5.75 Å². The van der Waals surface area contributed by atoms with E-state index in [0.717, 1.165) is 46.5 Å². The fraction of sp³-hybridized carbons (Fsp3) is 0.348. The number of hydrazine groups is 1. The molecule has 0 bridgehead atoms. The topological polar surface area (TPSA) is 101 Å². The third-order valence-corrected chi connectivity index (χ3v) is 7.89. The minimum absolute atomic E-state index is 0.0951. The Hall–Kier alpha value is -2.98. The van der Waals surface area contributed by atoms with Gasteiger partial charge in [0.1, 0.15) is 10.7 Å². The molecule has 0 aliphatic heterocycles. The van der Waals surface area contributed by atoms with Crippen LogP contribution in [0.25, 0.3) is 15.9 Å². The molecule has 33 heavy (non-hydrogen) atoms. The largest absolute Gasteiger partial charge is 0.272 e. The van der Waals surface area contributed by atoms with Crippen molar-refractivity contribution in [2.45, 2.75) is 51.1 Å². The van der Waals surface area contributed by atoms with E-state index in [1.807, 2.05) is 23.5 Å². The highest BCUT2D eigenvalue weighted by atomic mass is 32.2. The molecule has 2 amide bonds. The maximum Gasteiger partial charge on any atom is 0.269 e. The fourth-order valence-corrected chi connectivity index (χ4v) is 6.12. The number of nitrogens with zero attached hydrogens (tertiary/aromatic N) is 4. The predicted molar refractivity (Wildman–Crippen MR) is 130 cm³/mol. The molecule has 1 aliphatic rings. The van der Waals surface area contributed by atoms with Gasteiger partial charge in [-0.25, -0.2) is 4.98 Å². The Morgan fingerprint density at radius 3 is 2.70 bits per heavy atom. The van der Waals surface area contributed by atoms with Gasteiger partial charge in [0, 0.05) is 16.9 Å². The van der Waals surface area contributed by atoms with Gasteiger partial charge in [0.25, 0.3) is 5.91 Å². The second kappa shape index (κ2) is 9.11. The Balaban J connectivity index is 1.32. The molecule has 3 aromatic heterocycles. The minimum atomic E-state index is -0.358. The van der Waals surface area contributed by atoms with Crippen LogP contribution in [0.15, 0.2) is 29.4 Å². The lowest BCUT2D eigenvalue weighted by atomic mass is 9.97. The molecule has 0 saturated heterocycles. The molecule has 0 atom stereocenters. The number of rotatable bonds is 5. The number of carbonyl (C=O) groups is 2. The average Bonchev–Trinajstić information content (AvgIpc) is 3.42. The van der Waals surface area contributed by atoms with Crippen molar-refractivity contribution in [1.29, 1.82) is 0 Å². The summed E-state index contributed by atoms with van der Waals surface area (Å²) in [5, 5.41) is 10.6. The summed E-state index contributed by atoms with van der Waals surface area (Å²) < 4.78 is 1.98. The maximum absolute atomic E-state index is 12.4. The molecule has 1 aromatic carbocycles. The van der Waals surface area contributed by atoms with E-state index in [1.165, 1.54) is 35.0 Å². The molecule has 0 radical (unpaired) electrons. The van der Waals surface area contributed by atoms with Crippen molar-refractivity contribution in [3.05, 3.63) is 51.7 Å². The number of hydrogen-bond donors (Lipinski definition) is 2. The Morgan fingerprint density at radius 2 is 1.91 bits per heavy atom. The van der Waals surface area contributed by atoms with E-state index in [4.69, 9.17) is 4.98 Å². The normalized spacial score (nSPS) is 13.3. The van der Waals surface area contributed by atoms with Crippen LogP contribution in [-0.4, -0.2) is 37.1 Å². The summed E-state index contributed by atoms with van der Waals surface area (Å²) in [4.78, 5) is 31.9. The number of thiophene rings is 1. The van der Waals surface area contributed by atoms with Crippen molar-refractivity contribution in [3.8, 4) is 0 Å². The third kappa shape index (κ3) is 4.20. The van der Waals surface area contributed by atoms with E-state index in [2.05, 4.69) is 28.0 Å². The molecule has 4 aromatic rings. The van der Waals surface area contributed by atoms with E-state index in [9.17, 15) is 9.59 Å². The zero-order valence-corrected chi connectivity index (χ0v) is 20.1. The lowest BCUT2D eigenvalue weighted by molar-refractivity contribution is -0.119. The number of thioether (sulfide) groups is 1. The quantitative estimate of drug-likeness (QED) is 0.334. The Kier molecular flexibility index (Phi) is 6.03. The van der Waals surface area contributed by atoms with Gasteiger partial charge in [0.2, 0.25) is 5.91 Å². The van der Waals surface area contributed by atoms with Gasteiger partial charge in [-0.05, 0) is 50.3 Å². The van der Waals surface area contributed by atoms with Gasteiger partial charge in [-0.2, -0.15) is 0 Å². The molecule has 0 saturated carbocycles. The summed E-state index contributed by atoms with van der Waals surface area (Å²) in [7, 11) is 0. The molecule has 1 aliphatic carbocycles. The number of fused-ring (bicyclic) bond motifs is 5. The number of amides is 2. The van der Waals surface area contributed by atoms with Crippen molar-refractivity contribution < 1.29 is 9.59 Å². The van der Waals surface area contributed by atoms with Gasteiger partial charge in [-0.3, -0.25) is 24.8 Å². The van der Waals surface area contributed by atoms with Crippen LogP contribution < -0.4 is 10.9 Å². The highest BCUT2D eigenvalue weighted by Crippen LogP contribution is 2.38. The number of aromatic nitrogens is 4. The second-order valence-electron chi connectivity index (χ2n) is 8.07. The monoisotopic (exact) mass is 480 g/mol. The molecule has 2 N–H and O–H groups in total. The van der Waals surface area contributed by atoms with E-state index in [1.54, 1.807) is 23.5 Å².